The van der Waals surface area contributed by atoms with Crippen molar-refractivity contribution in [3.8, 4) is 0 Å². The highest BCUT2D eigenvalue weighted by molar-refractivity contribution is 7.10. The molecular formula is C9H11Cl2NOS. The van der Waals surface area contributed by atoms with Crippen molar-refractivity contribution in [2.45, 2.75) is 26.8 Å². The van der Waals surface area contributed by atoms with Crippen molar-refractivity contribution in [3.05, 3.63) is 24.7 Å². The van der Waals surface area contributed by atoms with Gasteiger partial charge in [0.05, 0.1) is 4.88 Å². The van der Waals surface area contributed by atoms with Gasteiger partial charge in [0.25, 0.3) is 0 Å². The molecule has 1 aromatic rings. The lowest BCUT2D eigenvalue weighted by molar-refractivity contribution is 0.651. The number of aromatic nitrogens is 1. The summed E-state index contributed by atoms with van der Waals surface area (Å²) in [6.07, 6.45) is 2.55. The average Bonchev–Trinajstić information content (AvgIpc) is 2.32. The van der Waals surface area contributed by atoms with Gasteiger partial charge in [0.1, 0.15) is 4.49 Å². The number of hydrogen-bond donors (Lipinski definition) is 0. The van der Waals surface area contributed by atoms with Crippen LogP contribution in [0.2, 0.25) is 0 Å². The molecular weight excluding hydrogens is 241 g/mol. The van der Waals surface area contributed by atoms with Gasteiger partial charge in [-0.3, -0.25) is 4.79 Å². The Morgan fingerprint density at radius 1 is 1.57 bits per heavy atom. The van der Waals surface area contributed by atoms with Crippen LogP contribution in [0.25, 0.3) is 6.08 Å². The fourth-order valence-electron chi connectivity index (χ4n) is 1.21. The van der Waals surface area contributed by atoms with Crippen molar-refractivity contribution in [1.29, 1.82) is 0 Å². The molecule has 1 heterocycles. The van der Waals surface area contributed by atoms with E-state index in [2.05, 4.69) is 0 Å². The predicted octanol–water partition coefficient (Wildman–Crippen LogP) is 3.40. The van der Waals surface area contributed by atoms with Gasteiger partial charge in [-0.25, -0.2) is 0 Å². The molecule has 0 aliphatic heterocycles. The zero-order valence-corrected chi connectivity index (χ0v) is 10.3. The minimum atomic E-state index is 0.0465. The Morgan fingerprint density at radius 2 is 2.21 bits per heavy atom. The number of hydrogen-bond acceptors (Lipinski definition) is 2. The van der Waals surface area contributed by atoms with Gasteiger partial charge in [0.2, 0.25) is 0 Å². The largest absolute Gasteiger partial charge is 0.307 e. The lowest BCUT2D eigenvalue weighted by Crippen LogP contribution is -2.13. The maximum atomic E-state index is 11.5. The van der Waals surface area contributed by atoms with E-state index in [0.29, 0.717) is 0 Å². The molecule has 0 saturated heterocycles. The molecule has 2 nitrogen and oxygen atoms in total. The molecule has 14 heavy (non-hydrogen) atoms. The van der Waals surface area contributed by atoms with Crippen LogP contribution in [0.3, 0.4) is 0 Å². The summed E-state index contributed by atoms with van der Waals surface area (Å²) >= 11 is 12.3. The van der Waals surface area contributed by atoms with Crippen LogP contribution in [0.1, 0.15) is 23.9 Å². The van der Waals surface area contributed by atoms with E-state index in [-0.39, 0.29) is 9.36 Å². The van der Waals surface area contributed by atoms with Crippen molar-refractivity contribution < 1.29 is 0 Å². The predicted molar refractivity (Wildman–Crippen MR) is 63.3 cm³/mol. The topological polar surface area (TPSA) is 22.0 Å². The maximum absolute atomic E-state index is 11.5. The molecule has 0 aliphatic rings. The fraction of sp³-hybridized carbons (Fsp3) is 0.444. The van der Waals surface area contributed by atoms with Crippen LogP contribution in [0.15, 0.2) is 9.29 Å². The Labute approximate surface area is 96.8 Å². The van der Waals surface area contributed by atoms with Gasteiger partial charge in [-0.2, -0.15) is 0 Å². The summed E-state index contributed by atoms with van der Waals surface area (Å²) in [5.74, 6) is 0. The van der Waals surface area contributed by atoms with E-state index in [9.17, 15) is 4.79 Å². The van der Waals surface area contributed by atoms with Crippen LogP contribution in [-0.2, 0) is 6.54 Å². The third-order valence-electron chi connectivity index (χ3n) is 1.87. The van der Waals surface area contributed by atoms with Crippen molar-refractivity contribution in [2.24, 2.45) is 0 Å². The second-order valence-corrected chi connectivity index (χ2v) is 4.90. The van der Waals surface area contributed by atoms with Crippen LogP contribution in [0.4, 0.5) is 0 Å². The molecule has 78 valence electrons. The first kappa shape index (κ1) is 11.8. The van der Waals surface area contributed by atoms with Crippen LogP contribution in [-0.4, -0.2) is 4.57 Å². The molecule has 0 radical (unpaired) electrons. The summed E-state index contributed by atoms with van der Waals surface area (Å²) in [5, 5.41) is 0. The van der Waals surface area contributed by atoms with Gasteiger partial charge >= 0.3 is 4.87 Å². The molecule has 0 aliphatic carbocycles. The normalized spacial score (nSPS) is 10.3. The molecule has 0 fully saturated rings. The molecule has 0 N–H and O–H groups in total. The van der Waals surface area contributed by atoms with Crippen LogP contribution in [0, 0.1) is 6.92 Å². The Balaban J connectivity index is 3.17. The summed E-state index contributed by atoms with van der Waals surface area (Å²) < 4.78 is 1.92. The molecule has 0 saturated carbocycles. The van der Waals surface area contributed by atoms with E-state index < -0.39 is 0 Å². The second kappa shape index (κ2) is 5.01. The lowest BCUT2D eigenvalue weighted by atomic mass is 10.3. The lowest BCUT2D eigenvalue weighted by Gasteiger charge is -2.00. The first-order chi connectivity index (χ1) is 6.56. The van der Waals surface area contributed by atoms with Gasteiger partial charge in [0, 0.05) is 12.2 Å². The van der Waals surface area contributed by atoms with E-state index in [1.54, 1.807) is 10.6 Å². The van der Waals surface area contributed by atoms with Crippen molar-refractivity contribution in [1.82, 2.24) is 4.57 Å². The molecule has 0 bridgehead atoms. The fourth-order valence-corrected chi connectivity index (χ4v) is 2.52. The summed E-state index contributed by atoms with van der Waals surface area (Å²) in [7, 11) is 0. The summed E-state index contributed by atoms with van der Waals surface area (Å²) in [6.45, 7) is 4.68. The molecule has 0 amide bonds. The minimum Gasteiger partial charge on any atom is -0.303 e. The number of halogens is 2. The highest BCUT2D eigenvalue weighted by Crippen LogP contribution is 2.19. The van der Waals surface area contributed by atoms with Crippen molar-refractivity contribution >= 4 is 40.6 Å². The zero-order chi connectivity index (χ0) is 10.7. The minimum absolute atomic E-state index is 0.0465. The highest BCUT2D eigenvalue weighted by atomic mass is 35.5. The van der Waals surface area contributed by atoms with Crippen LogP contribution < -0.4 is 4.87 Å². The van der Waals surface area contributed by atoms with E-state index >= 15 is 0 Å². The Morgan fingerprint density at radius 3 is 2.71 bits per heavy atom. The third-order valence-corrected chi connectivity index (χ3v) is 3.11. The second-order valence-electron chi connectivity index (χ2n) is 2.90. The quantitative estimate of drug-likeness (QED) is 0.808. The van der Waals surface area contributed by atoms with Gasteiger partial charge in [-0.05, 0) is 19.4 Å². The monoisotopic (exact) mass is 251 g/mol. The van der Waals surface area contributed by atoms with Crippen LogP contribution >= 0.6 is 34.5 Å². The number of rotatable bonds is 3. The molecule has 5 heteroatoms. The number of thiazole rings is 1. The van der Waals surface area contributed by atoms with Gasteiger partial charge in [-0.15, -0.1) is 0 Å². The first-order valence-electron chi connectivity index (χ1n) is 4.29. The van der Waals surface area contributed by atoms with E-state index in [0.717, 1.165) is 23.5 Å². The molecule has 1 rings (SSSR count). The van der Waals surface area contributed by atoms with Gasteiger partial charge < -0.3 is 4.57 Å². The first-order valence-corrected chi connectivity index (χ1v) is 5.86. The van der Waals surface area contributed by atoms with E-state index in [1.807, 2.05) is 13.8 Å². The standard InChI is InChI=1S/C9H11Cl2NOS/c1-3-4-12-6(2)7(5-8(10)11)14-9(12)13/h5H,3-4H2,1-2H3. The highest BCUT2D eigenvalue weighted by Gasteiger charge is 2.08. The molecule has 0 unspecified atom stereocenters. The Bertz CT molecular complexity index is 401. The van der Waals surface area contributed by atoms with Gasteiger partial charge in [-0.1, -0.05) is 41.5 Å². The Hall–Kier alpha value is -0.250. The maximum Gasteiger partial charge on any atom is 0.307 e. The molecule has 0 spiro atoms. The van der Waals surface area contributed by atoms with Crippen molar-refractivity contribution in [2.75, 3.05) is 0 Å². The molecule has 0 aromatic carbocycles. The SMILES string of the molecule is CCCn1c(C)c(C=C(Cl)Cl)sc1=O. The third kappa shape index (κ3) is 2.62. The molecule has 1 aromatic heterocycles. The smallest absolute Gasteiger partial charge is 0.303 e. The van der Waals surface area contributed by atoms with Crippen LogP contribution in [0.5, 0.6) is 0 Å². The summed E-state index contributed by atoms with van der Waals surface area (Å²) in [6, 6.07) is 0. The molecule has 0 atom stereocenters. The summed E-state index contributed by atoms with van der Waals surface area (Å²) in [4.78, 5) is 12.4. The summed E-state index contributed by atoms with van der Waals surface area (Å²) in [5.41, 5.74) is 0.931. The van der Waals surface area contributed by atoms with E-state index in [4.69, 9.17) is 23.2 Å². The number of nitrogens with zero attached hydrogens (tertiary/aromatic N) is 1. The van der Waals surface area contributed by atoms with Gasteiger partial charge in [0.15, 0.2) is 0 Å². The Kier molecular flexibility index (Phi) is 4.23. The van der Waals surface area contributed by atoms with Crippen molar-refractivity contribution in [3.63, 3.8) is 0 Å². The zero-order valence-electron chi connectivity index (χ0n) is 8.01. The average molecular weight is 252 g/mol. The van der Waals surface area contributed by atoms with E-state index in [1.165, 1.54) is 11.3 Å².